The first-order chi connectivity index (χ1) is 15.5. The molecule has 0 saturated carbocycles. The molecule has 0 amide bonds. The molecule has 0 radical (unpaired) electrons. The molecule has 0 unspecified atom stereocenters. The van der Waals surface area contributed by atoms with Crippen LogP contribution in [0.2, 0.25) is 0 Å². The second-order valence-corrected chi connectivity index (χ2v) is 8.38. The van der Waals surface area contributed by atoms with Gasteiger partial charge in [0.2, 0.25) is 0 Å². The Labute approximate surface area is 186 Å². The van der Waals surface area contributed by atoms with Gasteiger partial charge in [-0.25, -0.2) is 0 Å². The standard InChI is InChI=1S/C26H23N3O3/c1-16-11-12-18(14-23(16)29(31)32)26-25-22(27-20-9-5-6-10-21(20)28-26)13-19(15-24(25)30)17-7-3-2-4-8-17/h2-12,14,19,26-28H,13,15H2,1H3/t19-,26+/m0/s1. The molecule has 1 heterocycles. The third-order valence-electron chi connectivity index (χ3n) is 6.34. The van der Waals surface area contributed by atoms with Gasteiger partial charge in [-0.3, -0.25) is 14.9 Å². The fourth-order valence-electron chi connectivity index (χ4n) is 4.71. The number of Topliss-reactive ketones (excluding diaryl/α,β-unsaturated/α-hetero) is 1. The number of carbonyl (C=O) groups is 1. The lowest BCUT2D eigenvalue weighted by atomic mass is 9.78. The molecule has 1 aliphatic carbocycles. The molecule has 6 nitrogen and oxygen atoms in total. The number of hydrogen-bond acceptors (Lipinski definition) is 5. The van der Waals surface area contributed by atoms with Crippen LogP contribution in [-0.4, -0.2) is 10.7 Å². The van der Waals surface area contributed by atoms with Gasteiger partial charge < -0.3 is 10.6 Å². The van der Waals surface area contributed by atoms with Crippen LogP contribution in [0.1, 0.15) is 41.5 Å². The van der Waals surface area contributed by atoms with Crippen molar-refractivity contribution in [2.75, 3.05) is 10.6 Å². The monoisotopic (exact) mass is 425 g/mol. The Morgan fingerprint density at radius 3 is 2.38 bits per heavy atom. The van der Waals surface area contributed by atoms with Crippen LogP contribution in [0.4, 0.5) is 17.1 Å². The van der Waals surface area contributed by atoms with E-state index in [1.165, 1.54) is 0 Å². The molecule has 0 aromatic heterocycles. The van der Waals surface area contributed by atoms with Crippen LogP contribution < -0.4 is 10.6 Å². The number of carbonyl (C=O) groups excluding carboxylic acids is 1. The molecule has 5 rings (SSSR count). The van der Waals surface area contributed by atoms with E-state index < -0.39 is 6.04 Å². The Balaban J connectivity index is 1.64. The molecule has 2 aliphatic rings. The lowest BCUT2D eigenvalue weighted by molar-refractivity contribution is -0.385. The zero-order chi connectivity index (χ0) is 22.2. The summed E-state index contributed by atoms with van der Waals surface area (Å²) in [5.41, 5.74) is 5.79. The molecule has 6 heteroatoms. The fraction of sp³-hybridized carbons (Fsp3) is 0.192. The molecule has 2 atom stereocenters. The highest BCUT2D eigenvalue weighted by atomic mass is 16.6. The zero-order valence-electron chi connectivity index (χ0n) is 17.7. The Bertz CT molecular complexity index is 1250. The molecule has 0 saturated heterocycles. The molecule has 2 N–H and O–H groups in total. The summed E-state index contributed by atoms with van der Waals surface area (Å²) in [5.74, 6) is 0.148. The maximum atomic E-state index is 13.5. The molecule has 0 bridgehead atoms. The molecule has 3 aromatic carbocycles. The molecule has 160 valence electrons. The Hall–Kier alpha value is -3.93. The first-order valence-electron chi connectivity index (χ1n) is 10.7. The van der Waals surface area contributed by atoms with Gasteiger partial charge in [-0.2, -0.15) is 0 Å². The highest BCUT2D eigenvalue weighted by Crippen LogP contribution is 2.44. The number of nitrogens with one attached hydrogen (secondary N) is 2. The fourth-order valence-corrected chi connectivity index (χ4v) is 4.71. The summed E-state index contributed by atoms with van der Waals surface area (Å²) in [6, 6.07) is 22.6. The van der Waals surface area contributed by atoms with Crippen LogP contribution in [0.5, 0.6) is 0 Å². The molecule has 3 aromatic rings. The minimum absolute atomic E-state index is 0.0566. The molecule has 0 spiro atoms. The van der Waals surface area contributed by atoms with Crippen molar-refractivity contribution in [1.29, 1.82) is 0 Å². The topological polar surface area (TPSA) is 84.3 Å². The van der Waals surface area contributed by atoms with Gasteiger partial charge >= 0.3 is 0 Å². The van der Waals surface area contributed by atoms with Crippen molar-refractivity contribution in [3.63, 3.8) is 0 Å². The van der Waals surface area contributed by atoms with E-state index in [4.69, 9.17) is 0 Å². The SMILES string of the molecule is Cc1ccc([C@H]2Nc3ccccc3NC3=C2C(=O)C[C@@H](c2ccccc2)C3)cc1[N+](=O)[O-]. The van der Waals surface area contributed by atoms with Crippen LogP contribution in [0, 0.1) is 17.0 Å². The summed E-state index contributed by atoms with van der Waals surface area (Å²) in [5, 5.41) is 18.5. The molecular weight excluding hydrogens is 402 g/mol. The van der Waals surface area contributed by atoms with Crippen molar-refractivity contribution < 1.29 is 9.72 Å². The number of anilines is 2. The second-order valence-electron chi connectivity index (χ2n) is 8.38. The van der Waals surface area contributed by atoms with Gasteiger partial charge in [-0.15, -0.1) is 0 Å². The van der Waals surface area contributed by atoms with Gasteiger partial charge in [-0.1, -0.05) is 54.6 Å². The predicted octanol–water partition coefficient (Wildman–Crippen LogP) is 5.88. The van der Waals surface area contributed by atoms with Crippen molar-refractivity contribution in [3.05, 3.63) is 111 Å². The Morgan fingerprint density at radius 1 is 0.906 bits per heavy atom. The van der Waals surface area contributed by atoms with E-state index >= 15 is 0 Å². The van der Waals surface area contributed by atoms with E-state index in [9.17, 15) is 14.9 Å². The van der Waals surface area contributed by atoms with Crippen LogP contribution >= 0.6 is 0 Å². The lowest BCUT2D eigenvalue weighted by Crippen LogP contribution is -2.27. The number of allylic oxidation sites excluding steroid dienone is 1. The molecule has 0 fully saturated rings. The van der Waals surface area contributed by atoms with Crippen molar-refractivity contribution >= 4 is 22.8 Å². The van der Waals surface area contributed by atoms with E-state index in [0.717, 1.165) is 22.6 Å². The van der Waals surface area contributed by atoms with Gasteiger partial charge in [0.25, 0.3) is 5.69 Å². The van der Waals surface area contributed by atoms with E-state index in [1.54, 1.807) is 19.1 Å². The zero-order valence-corrected chi connectivity index (χ0v) is 17.7. The number of benzene rings is 3. The van der Waals surface area contributed by atoms with Gasteiger partial charge in [0.05, 0.1) is 22.3 Å². The number of rotatable bonds is 3. The number of aryl methyl sites for hydroxylation is 1. The summed E-state index contributed by atoms with van der Waals surface area (Å²) in [6.07, 6.45) is 1.11. The van der Waals surface area contributed by atoms with Crippen LogP contribution in [0.3, 0.4) is 0 Å². The highest BCUT2D eigenvalue weighted by Gasteiger charge is 2.36. The van der Waals surface area contributed by atoms with Crippen molar-refractivity contribution in [2.24, 2.45) is 0 Å². The van der Waals surface area contributed by atoms with E-state index in [1.807, 2.05) is 48.5 Å². The maximum absolute atomic E-state index is 13.5. The number of nitro groups is 1. The predicted molar refractivity (Wildman–Crippen MR) is 125 cm³/mol. The van der Waals surface area contributed by atoms with Crippen molar-refractivity contribution in [2.45, 2.75) is 31.7 Å². The Morgan fingerprint density at radius 2 is 1.62 bits per heavy atom. The van der Waals surface area contributed by atoms with Crippen molar-refractivity contribution in [1.82, 2.24) is 0 Å². The summed E-state index contributed by atoms with van der Waals surface area (Å²) in [4.78, 5) is 24.7. The summed E-state index contributed by atoms with van der Waals surface area (Å²) in [7, 11) is 0. The summed E-state index contributed by atoms with van der Waals surface area (Å²) >= 11 is 0. The minimum Gasteiger partial charge on any atom is -0.372 e. The Kier molecular flexibility index (Phi) is 4.98. The second kappa shape index (κ2) is 7.96. The first kappa shape index (κ1) is 20.0. The number of para-hydroxylation sites is 2. The third kappa shape index (κ3) is 3.54. The minimum atomic E-state index is -0.468. The number of nitro benzene ring substituents is 1. The molecular formula is C26H23N3O3. The molecule has 32 heavy (non-hydrogen) atoms. The average Bonchev–Trinajstić information content (AvgIpc) is 2.96. The van der Waals surface area contributed by atoms with Gasteiger partial charge in [0.15, 0.2) is 5.78 Å². The van der Waals surface area contributed by atoms with Gasteiger partial charge in [-0.05, 0) is 42.5 Å². The van der Waals surface area contributed by atoms with Crippen LogP contribution in [0.15, 0.2) is 84.1 Å². The number of fused-ring (bicyclic) bond motifs is 1. The largest absolute Gasteiger partial charge is 0.372 e. The number of nitrogens with zero attached hydrogens (tertiary/aromatic N) is 1. The van der Waals surface area contributed by atoms with E-state index in [2.05, 4.69) is 22.8 Å². The maximum Gasteiger partial charge on any atom is 0.272 e. The highest BCUT2D eigenvalue weighted by molar-refractivity contribution is 6.01. The number of ketones is 1. The quantitative estimate of drug-likeness (QED) is 0.404. The third-order valence-corrected chi connectivity index (χ3v) is 6.34. The average molecular weight is 425 g/mol. The lowest BCUT2D eigenvalue weighted by Gasteiger charge is -2.30. The summed E-state index contributed by atoms with van der Waals surface area (Å²) in [6.45, 7) is 1.72. The van der Waals surface area contributed by atoms with Crippen molar-refractivity contribution in [3.8, 4) is 0 Å². The normalized spacial score (nSPS) is 19.8. The van der Waals surface area contributed by atoms with Gasteiger partial charge in [0, 0.05) is 29.3 Å². The van der Waals surface area contributed by atoms with Gasteiger partial charge in [0.1, 0.15) is 0 Å². The number of hydrogen-bond donors (Lipinski definition) is 2. The van der Waals surface area contributed by atoms with Crippen LogP contribution in [-0.2, 0) is 4.79 Å². The van der Waals surface area contributed by atoms with Crippen LogP contribution in [0.25, 0.3) is 0 Å². The molecule has 1 aliphatic heterocycles. The first-order valence-corrected chi connectivity index (χ1v) is 10.7. The van der Waals surface area contributed by atoms with E-state index in [-0.39, 0.29) is 22.3 Å². The smallest absolute Gasteiger partial charge is 0.272 e. The summed E-state index contributed by atoms with van der Waals surface area (Å²) < 4.78 is 0. The van der Waals surface area contributed by atoms with E-state index in [0.29, 0.717) is 29.5 Å².